The smallest absolute Gasteiger partial charge is 0.306 e. The number of carbonyl (C=O) groups excluding carboxylic acids is 3. The summed E-state index contributed by atoms with van der Waals surface area (Å²) in [5, 5.41) is 0. The summed E-state index contributed by atoms with van der Waals surface area (Å²) >= 11 is 0. The fourth-order valence-corrected chi connectivity index (χ4v) is 9.50. The van der Waals surface area contributed by atoms with Crippen LogP contribution in [0, 0.1) is 0 Å². The molecule has 0 saturated heterocycles. The number of ether oxygens (including phenoxy) is 3. The molecule has 0 aromatic rings. The third-order valence-electron chi connectivity index (χ3n) is 14.5. The van der Waals surface area contributed by atoms with Crippen LogP contribution < -0.4 is 0 Å². The molecule has 454 valence electrons. The first kappa shape index (κ1) is 75.3. The minimum Gasteiger partial charge on any atom is -0.462 e. The molecule has 0 heterocycles. The summed E-state index contributed by atoms with van der Waals surface area (Å²) in [6, 6.07) is 0. The predicted molar refractivity (Wildman–Crippen MR) is 344 cm³/mol. The number of rotatable bonds is 61. The number of esters is 3. The topological polar surface area (TPSA) is 78.9 Å². The second kappa shape index (κ2) is 66.8. The summed E-state index contributed by atoms with van der Waals surface area (Å²) in [6.07, 6.45) is 90.2. The number of hydrogen-bond donors (Lipinski definition) is 0. The second-order valence-corrected chi connectivity index (χ2v) is 22.3. The normalized spacial score (nSPS) is 12.7. The molecule has 0 fully saturated rings. The number of unbranched alkanes of at least 4 members (excludes halogenated alkanes) is 34. The van der Waals surface area contributed by atoms with Gasteiger partial charge in [-0.25, -0.2) is 0 Å². The van der Waals surface area contributed by atoms with Crippen LogP contribution in [-0.2, 0) is 28.6 Å². The Morgan fingerprint density at radius 3 is 0.835 bits per heavy atom. The molecule has 0 spiro atoms. The maximum absolute atomic E-state index is 12.9. The molecule has 0 aromatic carbocycles. The Morgan fingerprint density at radius 2 is 0.519 bits per heavy atom. The highest BCUT2D eigenvalue weighted by Crippen LogP contribution is 2.17. The molecule has 6 heteroatoms. The highest BCUT2D eigenvalue weighted by Gasteiger charge is 2.19. The third kappa shape index (κ3) is 65.0. The molecular weight excluding hydrogens is 973 g/mol. The zero-order chi connectivity index (χ0) is 57.1. The lowest BCUT2D eigenvalue weighted by Crippen LogP contribution is -2.30. The van der Waals surface area contributed by atoms with E-state index in [4.69, 9.17) is 14.2 Å². The molecule has 0 aliphatic rings. The van der Waals surface area contributed by atoms with E-state index in [9.17, 15) is 14.4 Å². The van der Waals surface area contributed by atoms with E-state index in [0.29, 0.717) is 19.3 Å². The van der Waals surface area contributed by atoms with E-state index in [1.165, 1.54) is 167 Å². The number of carbonyl (C=O) groups is 3. The van der Waals surface area contributed by atoms with Crippen molar-refractivity contribution in [2.24, 2.45) is 0 Å². The van der Waals surface area contributed by atoms with E-state index >= 15 is 0 Å². The van der Waals surface area contributed by atoms with Crippen molar-refractivity contribution in [3.8, 4) is 0 Å². The molecule has 0 rings (SSSR count). The first-order valence-electron chi connectivity index (χ1n) is 33.7. The molecule has 0 saturated carbocycles. The minimum absolute atomic E-state index is 0.0800. The van der Waals surface area contributed by atoms with Gasteiger partial charge in [-0.15, -0.1) is 0 Å². The molecular formula is C73H126O6. The van der Waals surface area contributed by atoms with E-state index in [1.807, 2.05) is 0 Å². The van der Waals surface area contributed by atoms with Gasteiger partial charge in [0.05, 0.1) is 0 Å². The van der Waals surface area contributed by atoms with Crippen molar-refractivity contribution in [3.63, 3.8) is 0 Å². The van der Waals surface area contributed by atoms with Crippen molar-refractivity contribution in [3.05, 3.63) is 97.2 Å². The Kier molecular flexibility index (Phi) is 63.7. The maximum Gasteiger partial charge on any atom is 0.306 e. The molecule has 0 N–H and O–H groups in total. The Labute approximate surface area is 489 Å². The van der Waals surface area contributed by atoms with Gasteiger partial charge in [-0.3, -0.25) is 14.4 Å². The molecule has 0 aliphatic carbocycles. The highest BCUT2D eigenvalue weighted by molar-refractivity contribution is 5.71. The Balaban J connectivity index is 4.09. The van der Waals surface area contributed by atoms with Gasteiger partial charge >= 0.3 is 17.9 Å². The van der Waals surface area contributed by atoms with Crippen molar-refractivity contribution >= 4 is 17.9 Å². The fraction of sp³-hybridized carbons (Fsp3) is 0.740. The van der Waals surface area contributed by atoms with Crippen molar-refractivity contribution in [2.75, 3.05) is 13.2 Å². The summed E-state index contributed by atoms with van der Waals surface area (Å²) in [4.78, 5) is 38.2. The Bertz CT molecular complexity index is 1540. The summed E-state index contributed by atoms with van der Waals surface area (Å²) in [7, 11) is 0. The van der Waals surface area contributed by atoms with Gasteiger partial charge in [0.15, 0.2) is 6.10 Å². The van der Waals surface area contributed by atoms with Crippen LogP contribution in [0.25, 0.3) is 0 Å². The van der Waals surface area contributed by atoms with Crippen LogP contribution in [0.2, 0.25) is 0 Å². The molecule has 0 aliphatic heterocycles. The first-order chi connectivity index (χ1) is 39.0. The highest BCUT2D eigenvalue weighted by atomic mass is 16.6. The van der Waals surface area contributed by atoms with Crippen LogP contribution in [0.1, 0.15) is 329 Å². The maximum atomic E-state index is 12.9. The SMILES string of the molecule is CC/C=C\C/C=C\C/C=C\C/C=C\C/C=C\C/C=C\CCCCCCCCCCCCCCCCCCC(=O)OCC(COC(=O)CCCCCCC/C=C\CCC)OC(=O)CCCCCCC/C=C\CCCCCCCCC. The zero-order valence-electron chi connectivity index (χ0n) is 52.1. The lowest BCUT2D eigenvalue weighted by atomic mass is 10.0. The summed E-state index contributed by atoms with van der Waals surface area (Å²) < 4.78 is 16.9. The molecule has 0 amide bonds. The molecule has 1 unspecified atom stereocenters. The standard InChI is InChI=1S/C73H126O6/c1-4-7-10-13-16-19-22-24-26-28-29-30-31-32-33-34-35-36-37-38-39-40-41-42-43-44-45-46-48-49-51-54-57-60-63-66-72(75)78-69-70(68-77-71(74)65-62-59-56-53-21-18-15-12-9-6-3)79-73(76)67-64-61-58-55-52-50-47-27-25-23-20-17-14-11-8-5-2/h7,10,12,15-16,19,24,26-27,29-30,32-33,35-36,47,70H,4-6,8-9,11,13-14,17-18,20-23,25,28,31,34,37-46,48-69H2,1-3H3/b10-7-,15-12-,19-16-,26-24-,30-29-,33-32-,36-35-,47-27-. The van der Waals surface area contributed by atoms with Crippen LogP contribution in [0.3, 0.4) is 0 Å². The Hall–Kier alpha value is -3.67. The van der Waals surface area contributed by atoms with Crippen molar-refractivity contribution < 1.29 is 28.6 Å². The largest absolute Gasteiger partial charge is 0.462 e. The lowest BCUT2D eigenvalue weighted by molar-refractivity contribution is -0.167. The van der Waals surface area contributed by atoms with Gasteiger partial charge in [-0.05, 0) is 116 Å². The van der Waals surface area contributed by atoms with Crippen LogP contribution in [-0.4, -0.2) is 37.2 Å². The molecule has 0 aromatic heterocycles. The van der Waals surface area contributed by atoms with Crippen LogP contribution in [0.5, 0.6) is 0 Å². The van der Waals surface area contributed by atoms with E-state index in [2.05, 4.69) is 118 Å². The van der Waals surface area contributed by atoms with Gasteiger partial charge in [0.1, 0.15) is 13.2 Å². The van der Waals surface area contributed by atoms with E-state index in [0.717, 1.165) is 122 Å². The summed E-state index contributed by atoms with van der Waals surface area (Å²) in [5.41, 5.74) is 0. The molecule has 79 heavy (non-hydrogen) atoms. The van der Waals surface area contributed by atoms with E-state index in [-0.39, 0.29) is 31.1 Å². The van der Waals surface area contributed by atoms with Crippen LogP contribution in [0.15, 0.2) is 97.2 Å². The molecule has 1 atom stereocenters. The summed E-state index contributed by atoms with van der Waals surface area (Å²) in [6.45, 7) is 6.47. The minimum atomic E-state index is -0.783. The van der Waals surface area contributed by atoms with Gasteiger partial charge in [0.25, 0.3) is 0 Å². The summed E-state index contributed by atoms with van der Waals surface area (Å²) in [5.74, 6) is -0.888. The zero-order valence-corrected chi connectivity index (χ0v) is 52.1. The van der Waals surface area contributed by atoms with Crippen molar-refractivity contribution in [2.45, 2.75) is 335 Å². The number of hydrogen-bond acceptors (Lipinski definition) is 6. The average Bonchev–Trinajstić information content (AvgIpc) is 3.45. The van der Waals surface area contributed by atoms with Crippen molar-refractivity contribution in [1.82, 2.24) is 0 Å². The number of allylic oxidation sites excluding steroid dienone is 16. The van der Waals surface area contributed by atoms with Gasteiger partial charge in [0.2, 0.25) is 0 Å². The van der Waals surface area contributed by atoms with Gasteiger partial charge < -0.3 is 14.2 Å². The Morgan fingerprint density at radius 1 is 0.266 bits per heavy atom. The quantitative estimate of drug-likeness (QED) is 0.0261. The average molecular weight is 1100 g/mol. The predicted octanol–water partition coefficient (Wildman–Crippen LogP) is 23.2. The van der Waals surface area contributed by atoms with E-state index in [1.54, 1.807) is 0 Å². The van der Waals surface area contributed by atoms with E-state index < -0.39 is 6.10 Å². The van der Waals surface area contributed by atoms with Gasteiger partial charge in [0, 0.05) is 19.3 Å². The molecule has 6 nitrogen and oxygen atoms in total. The third-order valence-corrected chi connectivity index (χ3v) is 14.5. The second-order valence-electron chi connectivity index (χ2n) is 22.3. The monoisotopic (exact) mass is 1100 g/mol. The van der Waals surface area contributed by atoms with Crippen LogP contribution >= 0.6 is 0 Å². The fourth-order valence-electron chi connectivity index (χ4n) is 9.50. The van der Waals surface area contributed by atoms with Gasteiger partial charge in [-0.1, -0.05) is 291 Å². The lowest BCUT2D eigenvalue weighted by Gasteiger charge is -2.18. The van der Waals surface area contributed by atoms with Crippen LogP contribution in [0.4, 0.5) is 0 Å². The van der Waals surface area contributed by atoms with Gasteiger partial charge in [-0.2, -0.15) is 0 Å². The first-order valence-corrected chi connectivity index (χ1v) is 33.7. The van der Waals surface area contributed by atoms with Crippen molar-refractivity contribution in [1.29, 1.82) is 0 Å². The molecule has 0 bridgehead atoms. The molecule has 0 radical (unpaired) electrons.